The van der Waals surface area contributed by atoms with Crippen molar-refractivity contribution in [3.8, 4) is 0 Å². The average Bonchev–Trinajstić information content (AvgIpc) is 2.19. The molecule has 84 valence electrons. The lowest BCUT2D eigenvalue weighted by molar-refractivity contribution is -0.187. The van der Waals surface area contributed by atoms with Crippen LogP contribution in [0.15, 0.2) is 0 Å². The molecule has 1 rings (SSSR count). The monoisotopic (exact) mass is 201 g/mol. The summed E-state index contributed by atoms with van der Waals surface area (Å²) in [6.45, 7) is 6.98. The number of hydrogen-bond donors (Lipinski definition) is 1. The van der Waals surface area contributed by atoms with Crippen LogP contribution in [0, 0.1) is 11.8 Å². The summed E-state index contributed by atoms with van der Waals surface area (Å²) in [5.41, 5.74) is 5.54. The highest BCUT2D eigenvalue weighted by atomic mass is 16.7. The SMILES string of the molecule is CC(CCN)C(C)CC1OCCCO1. The molecule has 0 radical (unpaired) electrons. The first-order valence-electron chi connectivity index (χ1n) is 5.67. The molecule has 14 heavy (non-hydrogen) atoms. The number of hydrogen-bond acceptors (Lipinski definition) is 3. The first-order valence-corrected chi connectivity index (χ1v) is 5.67. The maximum absolute atomic E-state index is 5.54. The van der Waals surface area contributed by atoms with E-state index in [1.807, 2.05) is 0 Å². The Hall–Kier alpha value is -0.120. The van der Waals surface area contributed by atoms with Gasteiger partial charge in [-0.3, -0.25) is 0 Å². The van der Waals surface area contributed by atoms with Crippen LogP contribution in [0.1, 0.15) is 33.1 Å². The van der Waals surface area contributed by atoms with Gasteiger partial charge in [-0.15, -0.1) is 0 Å². The molecule has 2 unspecified atom stereocenters. The summed E-state index contributed by atoms with van der Waals surface area (Å²) < 4.78 is 11.0. The van der Waals surface area contributed by atoms with Crippen molar-refractivity contribution in [2.75, 3.05) is 19.8 Å². The van der Waals surface area contributed by atoms with E-state index >= 15 is 0 Å². The van der Waals surface area contributed by atoms with Crippen molar-refractivity contribution >= 4 is 0 Å². The number of ether oxygens (including phenoxy) is 2. The fourth-order valence-corrected chi connectivity index (χ4v) is 1.76. The Morgan fingerprint density at radius 2 is 1.86 bits per heavy atom. The van der Waals surface area contributed by atoms with Crippen molar-refractivity contribution in [3.63, 3.8) is 0 Å². The van der Waals surface area contributed by atoms with E-state index in [1.165, 1.54) is 0 Å². The van der Waals surface area contributed by atoms with Crippen LogP contribution in [0.5, 0.6) is 0 Å². The molecule has 3 nitrogen and oxygen atoms in total. The van der Waals surface area contributed by atoms with E-state index in [1.54, 1.807) is 0 Å². The molecule has 0 aliphatic carbocycles. The van der Waals surface area contributed by atoms with Crippen LogP contribution in [0.25, 0.3) is 0 Å². The Morgan fingerprint density at radius 1 is 1.21 bits per heavy atom. The van der Waals surface area contributed by atoms with Crippen LogP contribution in [0.3, 0.4) is 0 Å². The molecule has 0 bridgehead atoms. The summed E-state index contributed by atoms with van der Waals surface area (Å²) in [7, 11) is 0. The third-order valence-electron chi connectivity index (χ3n) is 3.05. The van der Waals surface area contributed by atoms with Crippen LogP contribution in [-0.4, -0.2) is 26.0 Å². The van der Waals surface area contributed by atoms with E-state index in [9.17, 15) is 0 Å². The molecule has 1 aliphatic rings. The molecule has 0 aromatic carbocycles. The Bertz CT molecular complexity index is 146. The Balaban J connectivity index is 2.20. The van der Waals surface area contributed by atoms with Gasteiger partial charge in [0, 0.05) is 6.42 Å². The van der Waals surface area contributed by atoms with Gasteiger partial charge in [-0.25, -0.2) is 0 Å². The van der Waals surface area contributed by atoms with Gasteiger partial charge in [0.05, 0.1) is 13.2 Å². The van der Waals surface area contributed by atoms with E-state index < -0.39 is 0 Å². The van der Waals surface area contributed by atoms with Gasteiger partial charge in [0.15, 0.2) is 6.29 Å². The molecule has 1 fully saturated rings. The standard InChI is InChI=1S/C11H23NO2/c1-9(4-5-12)10(2)8-11-13-6-3-7-14-11/h9-11H,3-8,12H2,1-2H3. The van der Waals surface area contributed by atoms with E-state index in [-0.39, 0.29) is 6.29 Å². The minimum absolute atomic E-state index is 0.0268. The smallest absolute Gasteiger partial charge is 0.157 e. The second-order valence-corrected chi connectivity index (χ2v) is 4.29. The van der Waals surface area contributed by atoms with E-state index in [0.29, 0.717) is 11.8 Å². The lowest BCUT2D eigenvalue weighted by Gasteiger charge is -2.28. The minimum Gasteiger partial charge on any atom is -0.353 e. The summed E-state index contributed by atoms with van der Waals surface area (Å²) in [6.07, 6.45) is 3.15. The molecular formula is C11H23NO2. The fraction of sp³-hybridized carbons (Fsp3) is 1.00. The van der Waals surface area contributed by atoms with Crippen molar-refractivity contribution in [1.29, 1.82) is 0 Å². The molecular weight excluding hydrogens is 178 g/mol. The van der Waals surface area contributed by atoms with Crippen molar-refractivity contribution in [2.45, 2.75) is 39.4 Å². The van der Waals surface area contributed by atoms with Gasteiger partial charge >= 0.3 is 0 Å². The van der Waals surface area contributed by atoms with Crippen molar-refractivity contribution in [3.05, 3.63) is 0 Å². The van der Waals surface area contributed by atoms with Crippen molar-refractivity contribution in [2.24, 2.45) is 17.6 Å². The van der Waals surface area contributed by atoms with Crippen LogP contribution >= 0.6 is 0 Å². The molecule has 1 saturated heterocycles. The molecule has 0 spiro atoms. The highest BCUT2D eigenvalue weighted by molar-refractivity contribution is 4.65. The molecule has 1 heterocycles. The highest BCUT2D eigenvalue weighted by Gasteiger charge is 2.20. The number of nitrogens with two attached hydrogens (primary N) is 1. The van der Waals surface area contributed by atoms with Crippen LogP contribution in [0.4, 0.5) is 0 Å². The third-order valence-corrected chi connectivity index (χ3v) is 3.05. The molecule has 2 N–H and O–H groups in total. The predicted molar refractivity (Wildman–Crippen MR) is 56.9 cm³/mol. The quantitative estimate of drug-likeness (QED) is 0.737. The van der Waals surface area contributed by atoms with Crippen molar-refractivity contribution < 1.29 is 9.47 Å². The summed E-state index contributed by atoms with van der Waals surface area (Å²) >= 11 is 0. The van der Waals surface area contributed by atoms with E-state index in [2.05, 4.69) is 13.8 Å². The van der Waals surface area contributed by atoms with Gasteiger partial charge in [-0.05, 0) is 31.2 Å². The van der Waals surface area contributed by atoms with Gasteiger partial charge in [0.25, 0.3) is 0 Å². The van der Waals surface area contributed by atoms with Gasteiger partial charge in [0.2, 0.25) is 0 Å². The summed E-state index contributed by atoms with van der Waals surface area (Å²) in [4.78, 5) is 0. The summed E-state index contributed by atoms with van der Waals surface area (Å²) in [5.74, 6) is 1.29. The van der Waals surface area contributed by atoms with E-state index in [0.717, 1.165) is 39.0 Å². The first kappa shape index (κ1) is 12.0. The normalized spacial score (nSPS) is 23.4. The lowest BCUT2D eigenvalue weighted by atomic mass is 9.90. The Morgan fingerprint density at radius 3 is 2.43 bits per heavy atom. The largest absolute Gasteiger partial charge is 0.353 e. The molecule has 1 aliphatic heterocycles. The second-order valence-electron chi connectivity index (χ2n) is 4.29. The first-order chi connectivity index (χ1) is 6.74. The van der Waals surface area contributed by atoms with Gasteiger partial charge in [-0.2, -0.15) is 0 Å². The second kappa shape index (κ2) is 6.38. The Labute approximate surface area is 86.9 Å². The van der Waals surface area contributed by atoms with E-state index in [4.69, 9.17) is 15.2 Å². The number of rotatable bonds is 5. The molecule has 2 atom stereocenters. The van der Waals surface area contributed by atoms with Crippen LogP contribution in [0.2, 0.25) is 0 Å². The van der Waals surface area contributed by atoms with Gasteiger partial charge in [-0.1, -0.05) is 13.8 Å². The zero-order chi connectivity index (χ0) is 10.4. The van der Waals surface area contributed by atoms with Crippen LogP contribution < -0.4 is 5.73 Å². The molecule has 0 aromatic heterocycles. The highest BCUT2D eigenvalue weighted by Crippen LogP contribution is 2.22. The van der Waals surface area contributed by atoms with Crippen LogP contribution in [-0.2, 0) is 9.47 Å². The van der Waals surface area contributed by atoms with Gasteiger partial charge in [0.1, 0.15) is 0 Å². The lowest BCUT2D eigenvalue weighted by Crippen LogP contribution is -2.28. The molecule has 0 aromatic rings. The minimum atomic E-state index is 0.0268. The molecule has 3 heteroatoms. The Kier molecular flexibility index (Phi) is 5.45. The van der Waals surface area contributed by atoms with Gasteiger partial charge < -0.3 is 15.2 Å². The third kappa shape index (κ3) is 3.95. The zero-order valence-electron chi connectivity index (χ0n) is 9.37. The predicted octanol–water partition coefficient (Wildman–Crippen LogP) is 1.76. The maximum atomic E-state index is 5.54. The topological polar surface area (TPSA) is 44.5 Å². The zero-order valence-corrected chi connectivity index (χ0v) is 9.37. The van der Waals surface area contributed by atoms with Crippen molar-refractivity contribution in [1.82, 2.24) is 0 Å². The maximum Gasteiger partial charge on any atom is 0.157 e. The molecule has 0 saturated carbocycles. The summed E-state index contributed by atoms with van der Waals surface area (Å²) in [5, 5.41) is 0. The fourth-order valence-electron chi connectivity index (χ4n) is 1.76. The molecule has 0 amide bonds. The average molecular weight is 201 g/mol. The summed E-state index contributed by atoms with van der Waals surface area (Å²) in [6, 6.07) is 0.